The predicted molar refractivity (Wildman–Crippen MR) is 149 cm³/mol. The number of amides is 4. The van der Waals surface area contributed by atoms with E-state index in [1.165, 1.54) is 36.8 Å². The van der Waals surface area contributed by atoms with Gasteiger partial charge in [0, 0.05) is 31.3 Å². The number of H-pyrrole nitrogens is 1. The number of imidazole rings is 1. The number of aromatic nitrogens is 2. The van der Waals surface area contributed by atoms with Crippen LogP contribution < -0.4 is 38.9 Å². The molecule has 0 aliphatic rings. The van der Waals surface area contributed by atoms with E-state index in [2.05, 4.69) is 30.9 Å². The number of aliphatic carboxylic acids is 1. The number of rotatable bonds is 17. The highest BCUT2D eigenvalue weighted by Gasteiger charge is 2.31. The maximum absolute atomic E-state index is 13.5. The summed E-state index contributed by atoms with van der Waals surface area (Å²) >= 11 is 0. The van der Waals surface area contributed by atoms with Gasteiger partial charge in [-0.25, -0.2) is 9.78 Å². The van der Waals surface area contributed by atoms with Crippen LogP contribution in [0.4, 0.5) is 0 Å². The van der Waals surface area contributed by atoms with Crippen LogP contribution in [0, 0.1) is 0 Å². The van der Waals surface area contributed by atoms with Crippen LogP contribution in [0.2, 0.25) is 0 Å². The molecule has 1 aromatic heterocycles. The van der Waals surface area contributed by atoms with Crippen molar-refractivity contribution in [3.8, 4) is 5.75 Å². The molecule has 2 aromatic rings. The molecular weight excluding hydrogens is 552 g/mol. The summed E-state index contributed by atoms with van der Waals surface area (Å²) in [6, 6.07) is 0.522. The molecule has 0 fully saturated rings. The molecule has 42 heavy (non-hydrogen) atoms. The van der Waals surface area contributed by atoms with Crippen LogP contribution in [0.25, 0.3) is 0 Å². The van der Waals surface area contributed by atoms with E-state index in [1.54, 1.807) is 0 Å². The fourth-order valence-electron chi connectivity index (χ4n) is 3.78. The van der Waals surface area contributed by atoms with Gasteiger partial charge in [0.25, 0.3) is 0 Å². The zero-order valence-electron chi connectivity index (χ0n) is 22.7. The molecule has 4 unspecified atom stereocenters. The van der Waals surface area contributed by atoms with Crippen LogP contribution in [-0.2, 0) is 36.8 Å². The highest BCUT2D eigenvalue weighted by molar-refractivity contribution is 5.95. The molecule has 4 atom stereocenters. The van der Waals surface area contributed by atoms with Gasteiger partial charge in [0.2, 0.25) is 23.6 Å². The van der Waals surface area contributed by atoms with Gasteiger partial charge < -0.3 is 54.1 Å². The first-order valence-corrected chi connectivity index (χ1v) is 12.8. The van der Waals surface area contributed by atoms with Gasteiger partial charge in [-0.05, 0) is 30.5 Å². The van der Waals surface area contributed by atoms with E-state index in [9.17, 15) is 34.2 Å². The Morgan fingerprint density at radius 2 is 1.50 bits per heavy atom. The van der Waals surface area contributed by atoms with Crippen LogP contribution in [0.5, 0.6) is 5.75 Å². The van der Waals surface area contributed by atoms with E-state index < -0.39 is 60.2 Å². The molecule has 1 aromatic carbocycles. The zero-order valence-corrected chi connectivity index (χ0v) is 22.7. The van der Waals surface area contributed by atoms with E-state index in [4.69, 9.17) is 22.9 Å². The van der Waals surface area contributed by atoms with E-state index in [0.717, 1.165) is 0 Å². The van der Waals surface area contributed by atoms with Crippen molar-refractivity contribution in [3.63, 3.8) is 0 Å². The molecule has 228 valence electrons. The van der Waals surface area contributed by atoms with Crippen molar-refractivity contribution < 1.29 is 34.2 Å². The monoisotopic (exact) mass is 588 g/mol. The molecule has 14 N–H and O–H groups in total. The standard InChI is InChI=1S/C25H36N10O7/c26-16(2-1-7-31-25(28)29)21(38)33-18(9-14-11-30-12-32-14)23(40)34-17(8-13-3-5-15(36)6-4-13)22(39)35-19(24(41)42)10-20(27)37/h3-6,11-12,16-19,36H,1-2,7-10,26H2,(H2,27,37)(H,30,32)(H,33,38)(H,34,40)(H,35,39)(H,41,42)(H4,28,29,31). The number of carboxylic acids is 1. The Balaban J connectivity index is 2.25. The number of phenols is 1. The van der Waals surface area contributed by atoms with Crippen molar-refractivity contribution >= 4 is 35.6 Å². The average molecular weight is 589 g/mol. The quantitative estimate of drug-likeness (QED) is 0.0495. The number of aromatic hydroxyl groups is 1. The summed E-state index contributed by atoms with van der Waals surface area (Å²) in [4.78, 5) is 72.9. The third-order valence-electron chi connectivity index (χ3n) is 5.95. The summed E-state index contributed by atoms with van der Waals surface area (Å²) < 4.78 is 0. The lowest BCUT2D eigenvalue weighted by Crippen LogP contribution is -2.58. The lowest BCUT2D eigenvalue weighted by molar-refractivity contribution is -0.143. The molecule has 2 rings (SSSR count). The Morgan fingerprint density at radius 1 is 0.905 bits per heavy atom. The van der Waals surface area contributed by atoms with Gasteiger partial charge in [-0.2, -0.15) is 0 Å². The third kappa shape index (κ3) is 11.5. The maximum Gasteiger partial charge on any atom is 0.326 e. The fourth-order valence-corrected chi connectivity index (χ4v) is 3.78. The van der Waals surface area contributed by atoms with Crippen LogP contribution >= 0.6 is 0 Å². The molecule has 0 aliphatic heterocycles. The second-order valence-electron chi connectivity index (χ2n) is 9.40. The molecule has 17 nitrogen and oxygen atoms in total. The Morgan fingerprint density at radius 3 is 2.05 bits per heavy atom. The minimum Gasteiger partial charge on any atom is -0.508 e. The molecule has 0 saturated heterocycles. The number of nitrogens with zero attached hydrogens (tertiary/aromatic N) is 2. The molecule has 17 heteroatoms. The summed E-state index contributed by atoms with van der Waals surface area (Å²) in [7, 11) is 0. The molecule has 0 saturated carbocycles. The van der Waals surface area contributed by atoms with Gasteiger partial charge in [-0.15, -0.1) is 0 Å². The summed E-state index contributed by atoms with van der Waals surface area (Å²) in [5.74, 6) is -4.95. The van der Waals surface area contributed by atoms with Crippen molar-refractivity contribution in [2.75, 3.05) is 6.54 Å². The molecule has 1 heterocycles. The molecule has 4 amide bonds. The van der Waals surface area contributed by atoms with Gasteiger partial charge in [0.15, 0.2) is 5.96 Å². The number of phenolic OH excluding ortho intramolecular Hbond substituents is 1. The van der Waals surface area contributed by atoms with Crippen molar-refractivity contribution in [1.29, 1.82) is 0 Å². The van der Waals surface area contributed by atoms with E-state index in [-0.39, 0.29) is 37.5 Å². The number of nitrogens with one attached hydrogen (secondary N) is 4. The van der Waals surface area contributed by atoms with Crippen LogP contribution in [0.3, 0.4) is 0 Å². The van der Waals surface area contributed by atoms with Gasteiger partial charge in [0.1, 0.15) is 23.9 Å². The smallest absolute Gasteiger partial charge is 0.326 e. The predicted octanol–water partition coefficient (Wildman–Crippen LogP) is -3.30. The highest BCUT2D eigenvalue weighted by Crippen LogP contribution is 2.12. The van der Waals surface area contributed by atoms with Gasteiger partial charge in [-0.1, -0.05) is 12.1 Å². The topological polar surface area (TPSA) is 307 Å². The van der Waals surface area contributed by atoms with Crippen LogP contribution in [-0.4, -0.2) is 86.5 Å². The number of aromatic amines is 1. The van der Waals surface area contributed by atoms with E-state index >= 15 is 0 Å². The Labute approximate surface area is 240 Å². The zero-order chi connectivity index (χ0) is 31.2. The number of carboxylic acid groups (broad SMARTS) is 1. The number of guanidine groups is 1. The van der Waals surface area contributed by atoms with Crippen molar-refractivity contribution in [2.24, 2.45) is 27.9 Å². The Kier molecular flexibility index (Phi) is 12.7. The van der Waals surface area contributed by atoms with Crippen LogP contribution in [0.1, 0.15) is 30.5 Å². The first-order valence-electron chi connectivity index (χ1n) is 12.8. The van der Waals surface area contributed by atoms with Crippen molar-refractivity contribution in [1.82, 2.24) is 25.9 Å². The number of hydrogen-bond acceptors (Lipinski definition) is 9. The van der Waals surface area contributed by atoms with Gasteiger partial charge in [0.05, 0.1) is 18.8 Å². The number of carbonyl (C=O) groups excluding carboxylic acids is 4. The van der Waals surface area contributed by atoms with Crippen molar-refractivity contribution in [2.45, 2.75) is 56.3 Å². The Hall–Kier alpha value is -5.19. The highest BCUT2D eigenvalue weighted by atomic mass is 16.4. The summed E-state index contributed by atoms with van der Waals surface area (Å²) in [5.41, 5.74) is 22.7. The molecule has 0 radical (unpaired) electrons. The third-order valence-corrected chi connectivity index (χ3v) is 5.95. The SMILES string of the molecule is NC(=O)CC(NC(=O)C(Cc1ccc(O)cc1)NC(=O)C(Cc1cnc[nH]1)NC(=O)C(N)CCCN=C(N)N)C(=O)O. The number of aliphatic imine (C=N–C) groups is 1. The molecule has 0 spiro atoms. The fraction of sp³-hybridized carbons (Fsp3) is 0.400. The number of nitrogens with two attached hydrogens (primary N) is 4. The molecule has 0 aliphatic carbocycles. The lowest BCUT2D eigenvalue weighted by Gasteiger charge is -2.25. The summed E-state index contributed by atoms with van der Waals surface area (Å²) in [5, 5.41) is 26.3. The normalized spacial score (nSPS) is 13.5. The van der Waals surface area contributed by atoms with Gasteiger partial charge in [-0.3, -0.25) is 24.2 Å². The van der Waals surface area contributed by atoms with Crippen molar-refractivity contribution in [3.05, 3.63) is 48.0 Å². The second-order valence-corrected chi connectivity index (χ2v) is 9.40. The lowest BCUT2D eigenvalue weighted by atomic mass is 10.0. The van der Waals surface area contributed by atoms with Crippen LogP contribution in [0.15, 0.2) is 41.8 Å². The Bertz CT molecular complexity index is 1250. The summed E-state index contributed by atoms with van der Waals surface area (Å²) in [6.07, 6.45) is 2.58. The largest absolute Gasteiger partial charge is 0.508 e. The second kappa shape index (κ2) is 16.2. The number of primary amides is 1. The first kappa shape index (κ1) is 33.0. The molecular formula is C25H36N10O7. The first-order chi connectivity index (χ1) is 19.8. The average Bonchev–Trinajstić information content (AvgIpc) is 3.43. The van der Waals surface area contributed by atoms with E-state index in [0.29, 0.717) is 17.7 Å². The minimum atomic E-state index is -1.65. The number of benzene rings is 1. The molecule has 0 bridgehead atoms. The summed E-state index contributed by atoms with van der Waals surface area (Å²) in [6.45, 7) is 0.252. The maximum atomic E-state index is 13.5. The minimum absolute atomic E-state index is 0.0341. The number of carbonyl (C=O) groups is 5. The van der Waals surface area contributed by atoms with Gasteiger partial charge >= 0.3 is 5.97 Å². The van der Waals surface area contributed by atoms with E-state index in [1.807, 2.05) is 0 Å². The number of hydrogen-bond donors (Lipinski definition) is 10.